The minimum atomic E-state index is -1.84. The van der Waals surface area contributed by atoms with Crippen molar-refractivity contribution in [1.29, 1.82) is 0 Å². The second kappa shape index (κ2) is 5.83. The second-order valence-electron chi connectivity index (χ2n) is 5.10. The minimum absolute atomic E-state index is 0.0322. The van der Waals surface area contributed by atoms with Crippen LogP contribution in [0.2, 0.25) is 0 Å². The van der Waals surface area contributed by atoms with Crippen LogP contribution in [0.25, 0.3) is 22.4 Å². The van der Waals surface area contributed by atoms with Gasteiger partial charge < -0.3 is 0 Å². The molecule has 2 aromatic carbocycles. The van der Waals surface area contributed by atoms with Gasteiger partial charge in [-0.25, -0.2) is 17.6 Å². The van der Waals surface area contributed by atoms with Gasteiger partial charge in [0.05, 0.1) is 5.69 Å². The number of aryl methyl sites for hydroxylation is 1. The van der Waals surface area contributed by atoms with Crippen LogP contribution in [0.15, 0.2) is 48.7 Å². The summed E-state index contributed by atoms with van der Waals surface area (Å²) < 4.78 is 53.8. The third kappa shape index (κ3) is 2.70. The molecule has 23 heavy (non-hydrogen) atoms. The molecule has 0 fully saturated rings. The lowest BCUT2D eigenvalue weighted by Crippen LogP contribution is -2.00. The topological polar surface area (TPSA) is 12.9 Å². The number of nitrogens with zero attached hydrogens (tertiary/aromatic N) is 1. The number of aromatic nitrogens is 1. The molecule has 1 nitrogen and oxygen atoms in total. The van der Waals surface area contributed by atoms with E-state index in [2.05, 4.69) is 4.98 Å². The van der Waals surface area contributed by atoms with Gasteiger partial charge in [0.1, 0.15) is 0 Å². The summed E-state index contributed by atoms with van der Waals surface area (Å²) in [4.78, 5) is 4.01. The average Bonchev–Trinajstić information content (AvgIpc) is 2.57. The zero-order valence-corrected chi connectivity index (χ0v) is 12.1. The Labute approximate surface area is 130 Å². The first-order valence-electron chi connectivity index (χ1n) is 6.84. The SMILES string of the molecule is Cc1cnc(-c2cc(F)c(F)c(F)c2F)cc1-c1ccccc1. The lowest BCUT2D eigenvalue weighted by molar-refractivity contribution is 0.410. The van der Waals surface area contributed by atoms with Crippen molar-refractivity contribution in [2.24, 2.45) is 0 Å². The molecule has 1 aromatic heterocycles. The van der Waals surface area contributed by atoms with Crippen molar-refractivity contribution in [1.82, 2.24) is 4.98 Å². The molecule has 1 heterocycles. The predicted molar refractivity (Wildman–Crippen MR) is 79.7 cm³/mol. The van der Waals surface area contributed by atoms with Crippen molar-refractivity contribution in [3.8, 4) is 22.4 Å². The van der Waals surface area contributed by atoms with Crippen LogP contribution in [0.4, 0.5) is 17.6 Å². The Morgan fingerprint density at radius 3 is 2.17 bits per heavy atom. The van der Waals surface area contributed by atoms with Gasteiger partial charge in [-0.3, -0.25) is 4.98 Å². The Balaban J connectivity index is 2.20. The second-order valence-corrected chi connectivity index (χ2v) is 5.10. The van der Waals surface area contributed by atoms with E-state index in [1.807, 2.05) is 37.3 Å². The third-order valence-corrected chi connectivity index (χ3v) is 3.57. The van der Waals surface area contributed by atoms with Gasteiger partial charge in [-0.1, -0.05) is 30.3 Å². The molecule has 0 bridgehead atoms. The Hall–Kier alpha value is -2.69. The number of hydrogen-bond acceptors (Lipinski definition) is 1. The maximum Gasteiger partial charge on any atom is 0.198 e. The molecule has 0 aliphatic carbocycles. The summed E-state index contributed by atoms with van der Waals surface area (Å²) in [7, 11) is 0. The maximum atomic E-state index is 13.9. The highest BCUT2D eigenvalue weighted by molar-refractivity contribution is 5.73. The molecule has 3 aromatic rings. The fourth-order valence-corrected chi connectivity index (χ4v) is 2.36. The first kappa shape index (κ1) is 15.2. The zero-order chi connectivity index (χ0) is 16.6. The highest BCUT2D eigenvalue weighted by Gasteiger charge is 2.21. The summed E-state index contributed by atoms with van der Waals surface area (Å²) in [6, 6.07) is 11.4. The smallest absolute Gasteiger partial charge is 0.198 e. The third-order valence-electron chi connectivity index (χ3n) is 3.57. The van der Waals surface area contributed by atoms with E-state index >= 15 is 0 Å². The molecular weight excluding hydrogens is 306 g/mol. The van der Waals surface area contributed by atoms with Crippen LogP contribution in [0.3, 0.4) is 0 Å². The van der Waals surface area contributed by atoms with E-state index in [9.17, 15) is 17.6 Å². The molecule has 3 rings (SSSR count). The predicted octanol–water partition coefficient (Wildman–Crippen LogP) is 5.28. The summed E-state index contributed by atoms with van der Waals surface area (Å²) in [5.41, 5.74) is 2.05. The van der Waals surface area contributed by atoms with E-state index in [1.54, 1.807) is 0 Å². The van der Waals surface area contributed by atoms with Gasteiger partial charge in [0, 0.05) is 11.8 Å². The Bertz CT molecular complexity index is 876. The van der Waals surface area contributed by atoms with Crippen molar-refractivity contribution in [3.63, 3.8) is 0 Å². The fourth-order valence-electron chi connectivity index (χ4n) is 2.36. The van der Waals surface area contributed by atoms with E-state index in [0.717, 1.165) is 16.7 Å². The summed E-state index contributed by atoms with van der Waals surface area (Å²) in [6.07, 6.45) is 1.48. The van der Waals surface area contributed by atoms with E-state index in [0.29, 0.717) is 6.07 Å². The monoisotopic (exact) mass is 317 g/mol. The summed E-state index contributed by atoms with van der Waals surface area (Å²) in [5.74, 6) is -6.59. The first-order chi connectivity index (χ1) is 11.0. The summed E-state index contributed by atoms with van der Waals surface area (Å²) in [5, 5.41) is 0. The highest BCUT2D eigenvalue weighted by Crippen LogP contribution is 2.31. The van der Waals surface area contributed by atoms with E-state index in [-0.39, 0.29) is 5.69 Å². The van der Waals surface area contributed by atoms with Crippen molar-refractivity contribution in [3.05, 3.63) is 77.5 Å². The molecule has 0 amide bonds. The average molecular weight is 317 g/mol. The fraction of sp³-hybridized carbons (Fsp3) is 0.0556. The normalized spacial score (nSPS) is 10.8. The van der Waals surface area contributed by atoms with E-state index in [4.69, 9.17) is 0 Å². The van der Waals surface area contributed by atoms with Crippen LogP contribution in [-0.4, -0.2) is 4.98 Å². The molecule has 0 aliphatic rings. The molecule has 0 unspecified atom stereocenters. The first-order valence-corrected chi connectivity index (χ1v) is 6.84. The van der Waals surface area contributed by atoms with Crippen LogP contribution < -0.4 is 0 Å². The Morgan fingerprint density at radius 2 is 1.48 bits per heavy atom. The van der Waals surface area contributed by atoms with Crippen molar-refractivity contribution < 1.29 is 17.6 Å². The number of halogens is 4. The number of pyridine rings is 1. The minimum Gasteiger partial charge on any atom is -0.256 e. The van der Waals surface area contributed by atoms with E-state index in [1.165, 1.54) is 12.3 Å². The van der Waals surface area contributed by atoms with Crippen molar-refractivity contribution in [2.75, 3.05) is 0 Å². The molecule has 0 saturated carbocycles. The van der Waals surface area contributed by atoms with Gasteiger partial charge >= 0.3 is 0 Å². The molecule has 116 valence electrons. The largest absolute Gasteiger partial charge is 0.256 e. The van der Waals surface area contributed by atoms with Crippen LogP contribution in [0, 0.1) is 30.2 Å². The standard InChI is InChI=1S/C18H11F4N/c1-10-9-23-15(8-12(10)11-5-3-2-4-6-11)13-7-14(19)17(21)18(22)16(13)20/h2-9H,1H3. The van der Waals surface area contributed by atoms with Crippen LogP contribution >= 0.6 is 0 Å². The van der Waals surface area contributed by atoms with E-state index < -0.39 is 28.8 Å². The van der Waals surface area contributed by atoms with Gasteiger partial charge in [0.15, 0.2) is 23.3 Å². The molecule has 0 aliphatic heterocycles. The Kier molecular flexibility index (Phi) is 3.86. The van der Waals surface area contributed by atoms with Gasteiger partial charge in [-0.2, -0.15) is 0 Å². The molecule has 0 atom stereocenters. The lowest BCUT2D eigenvalue weighted by atomic mass is 9.99. The molecule has 5 heteroatoms. The van der Waals surface area contributed by atoms with Crippen LogP contribution in [-0.2, 0) is 0 Å². The molecule has 0 spiro atoms. The quantitative estimate of drug-likeness (QED) is 0.356. The maximum absolute atomic E-state index is 13.9. The lowest BCUT2D eigenvalue weighted by Gasteiger charge is -2.10. The molecule has 0 N–H and O–H groups in total. The summed E-state index contributed by atoms with van der Waals surface area (Å²) >= 11 is 0. The molecule has 0 saturated heterocycles. The number of hydrogen-bond donors (Lipinski definition) is 0. The van der Waals surface area contributed by atoms with Crippen LogP contribution in [0.1, 0.15) is 5.56 Å². The van der Waals surface area contributed by atoms with Gasteiger partial charge in [0.25, 0.3) is 0 Å². The Morgan fingerprint density at radius 1 is 0.783 bits per heavy atom. The van der Waals surface area contributed by atoms with Gasteiger partial charge in [-0.15, -0.1) is 0 Å². The van der Waals surface area contributed by atoms with Crippen LogP contribution in [0.5, 0.6) is 0 Å². The zero-order valence-electron chi connectivity index (χ0n) is 12.1. The van der Waals surface area contributed by atoms with Gasteiger partial charge in [-0.05, 0) is 35.7 Å². The van der Waals surface area contributed by atoms with Gasteiger partial charge in [0.2, 0.25) is 0 Å². The number of rotatable bonds is 2. The number of benzene rings is 2. The van der Waals surface area contributed by atoms with Crippen molar-refractivity contribution in [2.45, 2.75) is 6.92 Å². The van der Waals surface area contributed by atoms with Crippen molar-refractivity contribution >= 4 is 0 Å². The summed E-state index contributed by atoms with van der Waals surface area (Å²) in [6.45, 7) is 1.82. The highest BCUT2D eigenvalue weighted by atomic mass is 19.2. The molecule has 0 radical (unpaired) electrons. The molecular formula is C18H11F4N.